The number of hydrogen-bond acceptors (Lipinski definition) is 20. The van der Waals surface area contributed by atoms with Gasteiger partial charge in [-0.1, -0.05) is 132 Å². The van der Waals surface area contributed by atoms with Gasteiger partial charge in [-0.2, -0.15) is 0 Å². The Hall–Kier alpha value is -7.17. The Morgan fingerprint density at radius 3 is 1.70 bits per heavy atom. The zero-order valence-electron chi connectivity index (χ0n) is 43.8. The monoisotopic (exact) mass is 1130 g/mol. The zero-order chi connectivity index (χ0) is 57.3. The minimum Gasteiger partial charge on any atom is -0.445 e. The van der Waals surface area contributed by atoms with E-state index in [1.54, 1.807) is 54.6 Å². The van der Waals surface area contributed by atoms with Crippen LogP contribution in [0.4, 0.5) is 14.4 Å². The number of carbonyl (C=O) groups excluding carboxylic acids is 3. The number of nitrogens with zero attached hydrogens (tertiary/aromatic N) is 7. The SMILES string of the molecule is [N-]=[N+]=NC[C@@H]1O[C@H](O[C@H]2[C@@H](O)[C@H](O[C@@H]3[C@@H](O)[C@H](N)C[C@H](NC(=O)OCc4ccccc4)[C@H]3O[C@H]3O[C@H](CN(Cc4ccccc4)C(=O)OCc4ccccc4)CC[C@H]3NC(=O)OCc3ccccc3)O[C@@H]2CO)[C@H](N=[N+]=[N-])[C@@H](O)[C@@H]1O. The second-order valence-corrected chi connectivity index (χ2v) is 19.8. The molecule has 27 heteroatoms. The molecule has 3 aliphatic heterocycles. The number of nitrogens with one attached hydrogen (secondary N) is 2. The average Bonchev–Trinajstić information content (AvgIpc) is 4.09. The number of hydrogen-bond donors (Lipinski definition) is 8. The van der Waals surface area contributed by atoms with E-state index in [-0.39, 0.29) is 52.2 Å². The first-order valence-electron chi connectivity index (χ1n) is 26.3. The topological polar surface area (TPSA) is 386 Å². The van der Waals surface area contributed by atoms with Crippen LogP contribution in [0.2, 0.25) is 0 Å². The van der Waals surface area contributed by atoms with E-state index in [1.807, 2.05) is 66.7 Å². The van der Waals surface area contributed by atoms with Gasteiger partial charge in [-0.25, -0.2) is 14.4 Å². The van der Waals surface area contributed by atoms with Crippen molar-refractivity contribution in [3.8, 4) is 0 Å². The van der Waals surface area contributed by atoms with Gasteiger partial charge in [-0.3, -0.25) is 0 Å². The van der Waals surface area contributed by atoms with E-state index < -0.39 is 136 Å². The first-order valence-corrected chi connectivity index (χ1v) is 26.3. The van der Waals surface area contributed by atoms with E-state index in [0.717, 1.165) is 11.1 Å². The van der Waals surface area contributed by atoms with Gasteiger partial charge in [0, 0.05) is 22.4 Å². The molecule has 4 aromatic carbocycles. The van der Waals surface area contributed by atoms with Gasteiger partial charge in [0.15, 0.2) is 18.9 Å². The molecule has 3 amide bonds. The first-order chi connectivity index (χ1) is 39.3. The number of benzene rings is 4. The molecule has 27 nitrogen and oxygen atoms in total. The average molecular weight is 1130 g/mol. The molecule has 9 N–H and O–H groups in total. The van der Waals surface area contributed by atoms with Crippen LogP contribution in [0.15, 0.2) is 132 Å². The second kappa shape index (κ2) is 29.5. The van der Waals surface area contributed by atoms with Crippen LogP contribution in [0.3, 0.4) is 0 Å². The summed E-state index contributed by atoms with van der Waals surface area (Å²) < 4.78 is 54.8. The molecule has 3 heterocycles. The predicted molar refractivity (Wildman–Crippen MR) is 281 cm³/mol. The van der Waals surface area contributed by atoms with Crippen LogP contribution < -0.4 is 16.4 Å². The third-order valence-electron chi connectivity index (χ3n) is 14.1. The molecule has 4 aromatic rings. The maximum absolute atomic E-state index is 14.0. The van der Waals surface area contributed by atoms with Gasteiger partial charge < -0.3 is 89.4 Å². The Morgan fingerprint density at radius 1 is 0.605 bits per heavy atom. The second-order valence-electron chi connectivity index (χ2n) is 19.8. The van der Waals surface area contributed by atoms with Gasteiger partial charge in [0.1, 0.15) is 62.5 Å². The van der Waals surface area contributed by atoms with Crippen molar-refractivity contribution in [2.24, 2.45) is 16.0 Å². The molecule has 0 unspecified atom stereocenters. The summed E-state index contributed by atoms with van der Waals surface area (Å²) in [5.74, 6) is 0. The molecule has 0 spiro atoms. The van der Waals surface area contributed by atoms with Gasteiger partial charge in [0.2, 0.25) is 0 Å². The van der Waals surface area contributed by atoms with Crippen molar-refractivity contribution in [1.29, 1.82) is 0 Å². The number of azide groups is 2. The van der Waals surface area contributed by atoms with E-state index in [1.165, 1.54) is 4.90 Å². The van der Waals surface area contributed by atoms with Gasteiger partial charge >= 0.3 is 18.3 Å². The molecule has 434 valence electrons. The fourth-order valence-electron chi connectivity index (χ4n) is 9.93. The van der Waals surface area contributed by atoms with E-state index in [0.29, 0.717) is 11.1 Å². The normalized spacial score (nSPS) is 30.8. The third kappa shape index (κ3) is 16.3. The van der Waals surface area contributed by atoms with Gasteiger partial charge in [0.25, 0.3) is 0 Å². The molecule has 0 radical (unpaired) electrons. The summed E-state index contributed by atoms with van der Waals surface area (Å²) in [6.45, 7) is -1.49. The van der Waals surface area contributed by atoms with Crippen LogP contribution in [0.1, 0.15) is 41.5 Å². The highest BCUT2D eigenvalue weighted by molar-refractivity contribution is 5.69. The van der Waals surface area contributed by atoms with Gasteiger partial charge in [-0.15, -0.1) is 0 Å². The van der Waals surface area contributed by atoms with Gasteiger partial charge in [-0.05, 0) is 52.6 Å². The van der Waals surface area contributed by atoms with E-state index >= 15 is 0 Å². The lowest BCUT2D eigenvalue weighted by Crippen LogP contribution is -2.67. The van der Waals surface area contributed by atoms with E-state index in [4.69, 9.17) is 53.9 Å². The number of aliphatic hydroxyl groups is 5. The number of amides is 3. The van der Waals surface area contributed by atoms with E-state index in [2.05, 4.69) is 30.7 Å². The smallest absolute Gasteiger partial charge is 0.410 e. The Morgan fingerprint density at radius 2 is 1.14 bits per heavy atom. The van der Waals surface area contributed by atoms with Crippen LogP contribution >= 0.6 is 0 Å². The minimum absolute atomic E-state index is 0.0163. The summed E-state index contributed by atoms with van der Waals surface area (Å²) in [4.78, 5) is 48.3. The molecule has 1 saturated carbocycles. The summed E-state index contributed by atoms with van der Waals surface area (Å²) in [7, 11) is 0. The Labute approximate surface area is 464 Å². The molecule has 4 fully saturated rings. The molecule has 17 atom stereocenters. The number of alkyl carbamates (subject to hydrolysis) is 2. The molecule has 4 aliphatic rings. The molecular formula is C54H66N10O17. The lowest BCUT2D eigenvalue weighted by atomic mass is 9.83. The number of carbonyl (C=O) groups is 3. The number of ether oxygens (including phenoxy) is 9. The Kier molecular flexibility index (Phi) is 21.8. The van der Waals surface area contributed by atoms with Crippen molar-refractivity contribution in [2.75, 3.05) is 19.7 Å². The van der Waals surface area contributed by atoms with E-state index in [9.17, 15) is 45.4 Å². The molecular weight excluding hydrogens is 1060 g/mol. The standard InChI is InChI=1S/C54H66N10O17/c55-36-23-38(60-53(71)74-29-33-17-9-3-10-18-33)46(48(42(36)66)81-51-45(69)47(40(27-65)78-51)80-50-41(61-63-57)44(68)43(67)39(77-50)24-58-62-56)79-49-37(59-52(70)73-28-32-15-7-2-8-16-32)22-21-35(76-49)26-64(25-31-13-5-1-6-14-31)54(72)75-30-34-19-11-4-12-20-34/h1-20,35-51,65-69H,21-30,55H2,(H,59,70)(H,60,71)/t35-,36+,37+,38-,39-,40+,41+,42-,43+,44+,45+,46+,47+,48+,49+,50+,51-/m0/s1. The van der Waals surface area contributed by atoms with Crippen molar-refractivity contribution < 1.29 is 82.5 Å². The largest absolute Gasteiger partial charge is 0.445 e. The fourth-order valence-corrected chi connectivity index (χ4v) is 9.93. The van der Waals surface area contributed by atoms with Crippen molar-refractivity contribution >= 4 is 18.3 Å². The molecule has 0 bridgehead atoms. The van der Waals surface area contributed by atoms with Crippen molar-refractivity contribution in [3.63, 3.8) is 0 Å². The van der Waals surface area contributed by atoms with Crippen molar-refractivity contribution in [2.45, 2.75) is 150 Å². The van der Waals surface area contributed by atoms with Crippen LogP contribution in [0.5, 0.6) is 0 Å². The Balaban J connectivity index is 1.08. The number of aliphatic hydroxyl groups excluding tert-OH is 5. The summed E-state index contributed by atoms with van der Waals surface area (Å²) in [6.07, 6.45) is -22.6. The molecule has 81 heavy (non-hydrogen) atoms. The van der Waals surface area contributed by atoms with Crippen LogP contribution in [0.25, 0.3) is 20.9 Å². The minimum atomic E-state index is -1.88. The molecule has 0 aromatic heterocycles. The first kappa shape index (κ1) is 59.9. The third-order valence-corrected chi connectivity index (χ3v) is 14.1. The van der Waals surface area contributed by atoms with Crippen LogP contribution in [0, 0.1) is 0 Å². The molecule has 1 aliphatic carbocycles. The summed E-state index contributed by atoms with van der Waals surface area (Å²) >= 11 is 0. The highest BCUT2D eigenvalue weighted by atomic mass is 16.8. The predicted octanol–water partition coefficient (Wildman–Crippen LogP) is 3.68. The van der Waals surface area contributed by atoms with Gasteiger partial charge in [0.05, 0.1) is 56.2 Å². The van der Waals surface area contributed by atoms with Crippen molar-refractivity contribution in [1.82, 2.24) is 15.5 Å². The quantitative estimate of drug-likeness (QED) is 0.0241. The maximum Gasteiger partial charge on any atom is 0.410 e. The van der Waals surface area contributed by atoms with Crippen molar-refractivity contribution in [3.05, 3.63) is 164 Å². The summed E-state index contributed by atoms with van der Waals surface area (Å²) in [5, 5.41) is 68.8. The highest BCUT2D eigenvalue weighted by Gasteiger charge is 2.55. The number of rotatable bonds is 22. The molecule has 8 rings (SSSR count). The van der Waals surface area contributed by atoms with Crippen LogP contribution in [-0.2, 0) is 69.0 Å². The lowest BCUT2D eigenvalue weighted by molar-refractivity contribution is -0.292. The Bertz CT molecular complexity index is 2720. The lowest BCUT2D eigenvalue weighted by Gasteiger charge is -2.47. The summed E-state index contributed by atoms with van der Waals surface area (Å²) in [6, 6.07) is 31.2. The maximum atomic E-state index is 14.0. The summed E-state index contributed by atoms with van der Waals surface area (Å²) in [5.41, 5.74) is 27.8. The number of nitrogens with two attached hydrogens (primary N) is 1. The van der Waals surface area contributed by atoms with Crippen LogP contribution in [-0.4, -0.2) is 172 Å². The highest BCUT2D eigenvalue weighted by Crippen LogP contribution is 2.36. The molecule has 3 saturated heterocycles. The zero-order valence-corrected chi connectivity index (χ0v) is 43.8. The fraction of sp³-hybridized carbons (Fsp3) is 0.500.